The third-order valence-corrected chi connectivity index (χ3v) is 2.40. The molecule has 5 heteroatoms. The van der Waals surface area contributed by atoms with Gasteiger partial charge in [0.25, 0.3) is 0 Å². The van der Waals surface area contributed by atoms with Crippen molar-refractivity contribution in [3.63, 3.8) is 0 Å². The first-order valence-corrected chi connectivity index (χ1v) is 4.79. The number of ether oxygens (including phenoxy) is 2. The molecule has 4 nitrogen and oxygen atoms in total. The van der Waals surface area contributed by atoms with Crippen LogP contribution in [0.2, 0.25) is 5.02 Å². The van der Waals surface area contributed by atoms with E-state index in [9.17, 15) is 0 Å². The summed E-state index contributed by atoms with van der Waals surface area (Å²) in [4.78, 5) is 0. The Morgan fingerprint density at radius 1 is 1.33 bits per heavy atom. The van der Waals surface area contributed by atoms with Crippen molar-refractivity contribution < 1.29 is 14.6 Å². The number of methoxy groups -OCH3 is 2. The molecule has 1 aromatic rings. The van der Waals surface area contributed by atoms with Gasteiger partial charge in [0, 0.05) is 11.6 Å². The van der Waals surface area contributed by atoms with E-state index in [1.807, 2.05) is 0 Å². The minimum absolute atomic E-state index is 0.168. The van der Waals surface area contributed by atoms with Crippen LogP contribution in [0.4, 0.5) is 0 Å². The van der Waals surface area contributed by atoms with Crippen LogP contribution in [0.5, 0.6) is 11.5 Å². The molecule has 1 unspecified atom stereocenters. The maximum Gasteiger partial charge on any atom is 0.141 e. The molecule has 15 heavy (non-hydrogen) atoms. The number of hydrogen-bond acceptors (Lipinski definition) is 4. The van der Waals surface area contributed by atoms with Crippen LogP contribution in [0.15, 0.2) is 12.1 Å². The lowest BCUT2D eigenvalue weighted by atomic mass is 10.1. The Hall–Kier alpha value is -0.970. The monoisotopic (exact) mass is 231 g/mol. The van der Waals surface area contributed by atoms with Gasteiger partial charge in [-0.05, 0) is 6.07 Å². The van der Waals surface area contributed by atoms with E-state index in [0.717, 1.165) is 0 Å². The van der Waals surface area contributed by atoms with Gasteiger partial charge in [-0.15, -0.1) is 0 Å². The maximum absolute atomic E-state index is 8.97. The van der Waals surface area contributed by atoms with E-state index in [2.05, 4.69) is 0 Å². The highest BCUT2D eigenvalue weighted by Gasteiger charge is 2.14. The van der Waals surface area contributed by atoms with E-state index in [0.29, 0.717) is 22.1 Å². The number of rotatable bonds is 4. The number of aliphatic hydroxyl groups excluding tert-OH is 1. The Bertz CT molecular complexity index is 344. The first-order chi connectivity index (χ1) is 7.13. The summed E-state index contributed by atoms with van der Waals surface area (Å²) in [5.41, 5.74) is 6.36. The summed E-state index contributed by atoms with van der Waals surface area (Å²) in [7, 11) is 3.04. The average Bonchev–Trinajstić information content (AvgIpc) is 2.27. The van der Waals surface area contributed by atoms with E-state index in [4.69, 9.17) is 31.9 Å². The van der Waals surface area contributed by atoms with Crippen LogP contribution in [0.1, 0.15) is 11.6 Å². The van der Waals surface area contributed by atoms with Crippen LogP contribution in [-0.4, -0.2) is 25.9 Å². The van der Waals surface area contributed by atoms with Crippen molar-refractivity contribution in [2.45, 2.75) is 6.04 Å². The molecule has 3 N–H and O–H groups in total. The number of halogens is 1. The molecule has 1 aromatic carbocycles. The molecule has 0 fully saturated rings. The summed E-state index contributed by atoms with van der Waals surface area (Å²) in [6, 6.07) is 2.77. The Morgan fingerprint density at radius 2 is 1.93 bits per heavy atom. The summed E-state index contributed by atoms with van der Waals surface area (Å²) >= 11 is 5.94. The van der Waals surface area contributed by atoms with E-state index >= 15 is 0 Å². The summed E-state index contributed by atoms with van der Waals surface area (Å²) in [5, 5.41) is 9.41. The fourth-order valence-electron chi connectivity index (χ4n) is 1.27. The molecular formula is C10H14ClNO3. The van der Waals surface area contributed by atoms with Gasteiger partial charge in [0.05, 0.1) is 31.9 Å². The molecule has 0 saturated carbocycles. The molecule has 0 radical (unpaired) electrons. The first kappa shape index (κ1) is 12.1. The average molecular weight is 232 g/mol. The number of benzene rings is 1. The zero-order chi connectivity index (χ0) is 11.4. The van der Waals surface area contributed by atoms with E-state index in [1.165, 1.54) is 14.2 Å². The second-order valence-corrected chi connectivity index (χ2v) is 3.42. The molecule has 1 rings (SSSR count). The fourth-order valence-corrected chi connectivity index (χ4v) is 1.52. The first-order valence-electron chi connectivity index (χ1n) is 4.41. The molecule has 0 aliphatic rings. The minimum Gasteiger partial charge on any atom is -0.496 e. The molecule has 0 aliphatic carbocycles. The van der Waals surface area contributed by atoms with Gasteiger partial charge in [-0.25, -0.2) is 0 Å². The van der Waals surface area contributed by atoms with Crippen molar-refractivity contribution >= 4 is 11.6 Å². The van der Waals surface area contributed by atoms with Gasteiger partial charge in [-0.2, -0.15) is 0 Å². The van der Waals surface area contributed by atoms with Crippen molar-refractivity contribution in [1.82, 2.24) is 0 Å². The predicted molar refractivity (Wildman–Crippen MR) is 58.6 cm³/mol. The van der Waals surface area contributed by atoms with Gasteiger partial charge in [-0.1, -0.05) is 11.6 Å². The van der Waals surface area contributed by atoms with Crippen molar-refractivity contribution in [1.29, 1.82) is 0 Å². The van der Waals surface area contributed by atoms with Gasteiger partial charge in [0.2, 0.25) is 0 Å². The Balaban J connectivity index is 3.21. The van der Waals surface area contributed by atoms with Crippen molar-refractivity contribution in [2.75, 3.05) is 20.8 Å². The molecule has 1 atom stereocenters. The number of nitrogens with two attached hydrogens (primary N) is 1. The maximum atomic E-state index is 8.97. The lowest BCUT2D eigenvalue weighted by Gasteiger charge is -2.15. The standard InChI is InChI=1S/C10H14ClNO3/c1-14-9-4-10(15-2)7(11)3-6(9)8(12)5-13/h3-4,8,13H,5,12H2,1-2H3. The van der Waals surface area contributed by atoms with Crippen LogP contribution in [0.25, 0.3) is 0 Å². The SMILES string of the molecule is COc1cc(OC)c(C(N)CO)cc1Cl. The highest BCUT2D eigenvalue weighted by Crippen LogP contribution is 2.34. The normalized spacial score (nSPS) is 12.3. The Morgan fingerprint density at radius 3 is 2.40 bits per heavy atom. The van der Waals surface area contributed by atoms with Crippen LogP contribution in [-0.2, 0) is 0 Å². The molecule has 0 aliphatic heterocycles. The van der Waals surface area contributed by atoms with E-state index in [-0.39, 0.29) is 6.61 Å². The Labute approximate surface area is 93.6 Å². The topological polar surface area (TPSA) is 64.7 Å². The summed E-state index contributed by atoms with van der Waals surface area (Å²) in [5.74, 6) is 1.07. The van der Waals surface area contributed by atoms with Crippen molar-refractivity contribution in [3.05, 3.63) is 22.7 Å². The van der Waals surface area contributed by atoms with Gasteiger partial charge in [0.15, 0.2) is 0 Å². The van der Waals surface area contributed by atoms with Gasteiger partial charge < -0.3 is 20.3 Å². The lowest BCUT2D eigenvalue weighted by molar-refractivity contribution is 0.264. The summed E-state index contributed by atoms with van der Waals surface area (Å²) in [6.45, 7) is -0.168. The van der Waals surface area contributed by atoms with E-state index < -0.39 is 6.04 Å². The fraction of sp³-hybridized carbons (Fsp3) is 0.400. The molecule has 0 amide bonds. The predicted octanol–water partition coefficient (Wildman–Crippen LogP) is 1.35. The Kier molecular flexibility index (Phi) is 4.20. The molecule has 0 aromatic heterocycles. The zero-order valence-corrected chi connectivity index (χ0v) is 9.41. The quantitative estimate of drug-likeness (QED) is 0.821. The van der Waals surface area contributed by atoms with Crippen molar-refractivity contribution in [3.8, 4) is 11.5 Å². The minimum atomic E-state index is -0.511. The summed E-state index contributed by atoms with van der Waals surface area (Å²) < 4.78 is 10.2. The van der Waals surface area contributed by atoms with Gasteiger partial charge in [-0.3, -0.25) is 0 Å². The smallest absolute Gasteiger partial charge is 0.141 e. The van der Waals surface area contributed by atoms with Crippen molar-refractivity contribution in [2.24, 2.45) is 5.73 Å². The summed E-state index contributed by atoms with van der Waals surface area (Å²) in [6.07, 6.45) is 0. The molecule has 84 valence electrons. The number of aliphatic hydroxyl groups is 1. The van der Waals surface area contributed by atoms with Crippen LogP contribution >= 0.6 is 11.6 Å². The van der Waals surface area contributed by atoms with E-state index in [1.54, 1.807) is 12.1 Å². The second kappa shape index (κ2) is 5.21. The highest BCUT2D eigenvalue weighted by molar-refractivity contribution is 6.32. The third kappa shape index (κ3) is 2.53. The van der Waals surface area contributed by atoms with Crippen LogP contribution in [0, 0.1) is 0 Å². The molecule has 0 spiro atoms. The number of hydrogen-bond donors (Lipinski definition) is 2. The zero-order valence-electron chi connectivity index (χ0n) is 8.66. The van der Waals surface area contributed by atoms with Gasteiger partial charge in [0.1, 0.15) is 11.5 Å². The third-order valence-electron chi connectivity index (χ3n) is 2.10. The lowest BCUT2D eigenvalue weighted by Crippen LogP contribution is -2.15. The van der Waals surface area contributed by atoms with Gasteiger partial charge >= 0.3 is 0 Å². The second-order valence-electron chi connectivity index (χ2n) is 3.02. The molecule has 0 bridgehead atoms. The molecule has 0 heterocycles. The molecular weight excluding hydrogens is 218 g/mol. The van der Waals surface area contributed by atoms with Crippen LogP contribution < -0.4 is 15.2 Å². The highest BCUT2D eigenvalue weighted by atomic mass is 35.5. The molecule has 0 saturated heterocycles. The largest absolute Gasteiger partial charge is 0.496 e. The van der Waals surface area contributed by atoms with Crippen LogP contribution in [0.3, 0.4) is 0 Å².